The molecule has 2 aromatic carbocycles. The summed E-state index contributed by atoms with van der Waals surface area (Å²) in [5.74, 6) is -3.79. The Balaban J connectivity index is 1.32. The molecular formula is C37H33F6IN2O5. The number of hydrogen-bond donors (Lipinski definition) is 1. The number of ether oxygens (including phenoxy) is 2. The molecule has 2 aliphatic heterocycles. The maximum absolute atomic E-state index is 14.0. The number of rotatable bonds is 9. The molecule has 14 heteroatoms. The number of anilines is 1. The molecule has 270 valence electrons. The Kier molecular flexibility index (Phi) is 10.3. The SMILES string of the molecule is CCCC1=C2[C@@H](CC/C(=C/c3cc(I)c(O)c(OC)c3)c3ccccn3)OC[C@@H]2[C@@H]2C(=O)N(c3cc(C(F)(F)F)cc(C(F)(F)F)c3)C(=O)[C@@H]2C1. The largest absolute Gasteiger partial charge is 0.504 e. The third-order valence-electron chi connectivity index (χ3n) is 9.67. The monoisotopic (exact) mass is 826 g/mol. The first-order valence-corrected chi connectivity index (χ1v) is 17.4. The first-order chi connectivity index (χ1) is 24.1. The number of methoxy groups -OCH3 is 1. The Morgan fingerprint density at radius 3 is 2.35 bits per heavy atom. The molecule has 3 aromatic rings. The number of aromatic nitrogens is 1. The lowest BCUT2D eigenvalue weighted by atomic mass is 9.68. The molecule has 0 bridgehead atoms. The maximum atomic E-state index is 14.0. The van der Waals surface area contributed by atoms with Crippen LogP contribution in [0.2, 0.25) is 0 Å². The van der Waals surface area contributed by atoms with Gasteiger partial charge in [-0.15, -0.1) is 0 Å². The minimum atomic E-state index is -5.14. The number of imide groups is 1. The number of pyridine rings is 1. The van der Waals surface area contributed by atoms with Crippen LogP contribution < -0.4 is 9.64 Å². The van der Waals surface area contributed by atoms with E-state index in [1.165, 1.54) is 7.11 Å². The third-order valence-corrected chi connectivity index (χ3v) is 10.5. The highest BCUT2D eigenvalue weighted by Gasteiger charge is 2.57. The number of amides is 2. The summed E-state index contributed by atoms with van der Waals surface area (Å²) in [6, 6.07) is 9.87. The smallest absolute Gasteiger partial charge is 0.416 e. The van der Waals surface area contributed by atoms with Crippen LogP contribution in [0.1, 0.15) is 61.4 Å². The van der Waals surface area contributed by atoms with Crippen LogP contribution in [0, 0.1) is 21.3 Å². The van der Waals surface area contributed by atoms with E-state index in [4.69, 9.17) is 9.47 Å². The second-order valence-corrected chi connectivity index (χ2v) is 14.0. The summed E-state index contributed by atoms with van der Waals surface area (Å²) >= 11 is 2.02. The lowest BCUT2D eigenvalue weighted by molar-refractivity contribution is -0.143. The number of carbonyl (C=O) groups excluding carboxylic acids is 2. The van der Waals surface area contributed by atoms with Crippen molar-refractivity contribution in [1.29, 1.82) is 0 Å². The maximum Gasteiger partial charge on any atom is 0.416 e. The van der Waals surface area contributed by atoms with E-state index in [1.807, 2.05) is 53.8 Å². The zero-order valence-corrected chi connectivity index (χ0v) is 29.6. The van der Waals surface area contributed by atoms with Gasteiger partial charge in [0.2, 0.25) is 11.8 Å². The fourth-order valence-corrected chi connectivity index (χ4v) is 8.11. The van der Waals surface area contributed by atoms with Crippen LogP contribution in [0.3, 0.4) is 0 Å². The van der Waals surface area contributed by atoms with E-state index in [2.05, 4.69) is 4.98 Å². The first kappa shape index (κ1) is 36.9. The molecule has 0 radical (unpaired) electrons. The molecule has 2 fully saturated rings. The number of hydrogen-bond acceptors (Lipinski definition) is 6. The normalized spacial score (nSPS) is 22.5. The molecule has 6 rings (SSSR count). The van der Waals surface area contributed by atoms with Crippen molar-refractivity contribution in [3.63, 3.8) is 0 Å². The molecule has 0 spiro atoms. The molecule has 1 N–H and O–H groups in total. The molecule has 1 aromatic heterocycles. The van der Waals surface area contributed by atoms with Gasteiger partial charge in [0.05, 0.1) is 57.7 Å². The van der Waals surface area contributed by atoms with E-state index >= 15 is 0 Å². The topological polar surface area (TPSA) is 89.0 Å². The number of allylic oxidation sites excluding steroid dienone is 2. The predicted molar refractivity (Wildman–Crippen MR) is 184 cm³/mol. The van der Waals surface area contributed by atoms with Gasteiger partial charge in [0.25, 0.3) is 0 Å². The van der Waals surface area contributed by atoms with E-state index in [1.54, 1.807) is 18.3 Å². The highest BCUT2D eigenvalue weighted by atomic mass is 127. The van der Waals surface area contributed by atoms with E-state index < -0.39 is 64.8 Å². The molecule has 2 saturated heterocycles. The second kappa shape index (κ2) is 14.2. The number of aromatic hydroxyl groups is 1. The summed E-state index contributed by atoms with van der Waals surface area (Å²) < 4.78 is 94.4. The van der Waals surface area contributed by atoms with Crippen molar-refractivity contribution < 1.29 is 50.5 Å². The number of alkyl halides is 6. The number of halogens is 7. The predicted octanol–water partition coefficient (Wildman–Crippen LogP) is 9.08. The van der Waals surface area contributed by atoms with Gasteiger partial charge in [-0.25, -0.2) is 4.90 Å². The average Bonchev–Trinajstić information content (AvgIpc) is 3.61. The molecule has 4 atom stereocenters. The zero-order chi connectivity index (χ0) is 36.8. The van der Waals surface area contributed by atoms with E-state index in [9.17, 15) is 41.0 Å². The molecular weight excluding hydrogens is 793 g/mol. The van der Waals surface area contributed by atoms with Crippen LogP contribution in [-0.4, -0.2) is 41.7 Å². The van der Waals surface area contributed by atoms with Crippen molar-refractivity contribution in [2.75, 3.05) is 18.6 Å². The van der Waals surface area contributed by atoms with E-state index in [0.29, 0.717) is 57.7 Å². The summed E-state index contributed by atoms with van der Waals surface area (Å²) in [7, 11) is 1.46. The molecule has 0 unspecified atom stereocenters. The van der Waals surface area contributed by atoms with Gasteiger partial charge >= 0.3 is 12.4 Å². The molecule has 7 nitrogen and oxygen atoms in total. The van der Waals surface area contributed by atoms with E-state index in [0.717, 1.165) is 22.3 Å². The Bertz CT molecular complexity index is 1880. The molecule has 1 aliphatic carbocycles. The minimum Gasteiger partial charge on any atom is -0.504 e. The van der Waals surface area contributed by atoms with Crippen molar-refractivity contribution in [3.05, 3.63) is 91.8 Å². The fraction of sp³-hybridized carbons (Fsp3) is 0.378. The molecule has 0 saturated carbocycles. The minimum absolute atomic E-state index is 0.0252. The van der Waals surface area contributed by atoms with Crippen LogP contribution in [0.4, 0.5) is 32.0 Å². The Morgan fingerprint density at radius 2 is 1.75 bits per heavy atom. The molecule has 3 aliphatic rings. The Labute approximate surface area is 303 Å². The van der Waals surface area contributed by atoms with Crippen molar-refractivity contribution >= 4 is 51.7 Å². The number of phenols is 1. The van der Waals surface area contributed by atoms with Crippen molar-refractivity contribution in [3.8, 4) is 11.5 Å². The van der Waals surface area contributed by atoms with Gasteiger partial charge < -0.3 is 14.6 Å². The van der Waals surface area contributed by atoms with Crippen LogP contribution in [0.25, 0.3) is 11.6 Å². The van der Waals surface area contributed by atoms with Crippen LogP contribution in [0.5, 0.6) is 11.5 Å². The zero-order valence-electron chi connectivity index (χ0n) is 27.4. The number of benzene rings is 2. The van der Waals surface area contributed by atoms with Crippen LogP contribution in [-0.2, 0) is 26.7 Å². The van der Waals surface area contributed by atoms with Crippen molar-refractivity contribution in [1.82, 2.24) is 4.98 Å². The second-order valence-electron chi connectivity index (χ2n) is 12.8. The standard InChI is InChI=1S/C37H33F6IN2O5/c1-3-6-21-14-25-32(35(49)46(34(25)48)24-16-22(36(38,39)40)15-23(17-24)37(41,42)43)26-18-51-29(31(21)26)9-8-20(28-7-4-5-10-45-28)11-19-12-27(44)33(47)30(13-19)50-2/h4-5,7,10-13,15-17,25-26,29,32,47H,3,6,8-9,14,18H2,1-2H3/b20-11-/t25-,26+,29-,32-/m1/s1. The Morgan fingerprint density at radius 1 is 1.04 bits per heavy atom. The van der Waals surface area contributed by atoms with Crippen molar-refractivity contribution in [2.45, 2.75) is 57.5 Å². The summed E-state index contributed by atoms with van der Waals surface area (Å²) in [5.41, 5.74) is 0.196. The molecule has 51 heavy (non-hydrogen) atoms. The van der Waals surface area contributed by atoms with Gasteiger partial charge in [-0.1, -0.05) is 25.0 Å². The number of nitrogens with zero attached hydrogens (tertiary/aromatic N) is 2. The summed E-state index contributed by atoms with van der Waals surface area (Å²) in [6.07, 6.45) is -4.69. The van der Waals surface area contributed by atoms with E-state index in [-0.39, 0.29) is 24.8 Å². The number of fused-ring (bicyclic) bond motifs is 3. The molecule has 3 heterocycles. The van der Waals surface area contributed by atoms with Gasteiger partial charge in [-0.2, -0.15) is 26.3 Å². The highest BCUT2D eigenvalue weighted by Crippen LogP contribution is 2.52. The first-order valence-electron chi connectivity index (χ1n) is 16.3. The fourth-order valence-electron chi connectivity index (χ4n) is 7.48. The van der Waals surface area contributed by atoms with Gasteiger partial charge in [0, 0.05) is 12.1 Å². The van der Waals surface area contributed by atoms with Gasteiger partial charge in [0.15, 0.2) is 11.5 Å². The quantitative estimate of drug-likeness (QED) is 0.100. The third kappa shape index (κ3) is 7.26. The summed E-state index contributed by atoms with van der Waals surface area (Å²) in [6.45, 7) is 2.04. The van der Waals surface area contributed by atoms with Gasteiger partial charge in [-0.3, -0.25) is 14.6 Å². The highest BCUT2D eigenvalue weighted by molar-refractivity contribution is 14.1. The van der Waals surface area contributed by atoms with Gasteiger partial charge in [-0.05, 0) is 114 Å². The summed E-state index contributed by atoms with van der Waals surface area (Å²) in [4.78, 5) is 32.8. The number of carbonyl (C=O) groups is 2. The molecule has 2 amide bonds. The van der Waals surface area contributed by atoms with Crippen LogP contribution >= 0.6 is 22.6 Å². The number of phenolic OH excluding ortho intramolecular Hbond substituents is 1. The van der Waals surface area contributed by atoms with Gasteiger partial charge in [0.1, 0.15) is 0 Å². The lowest BCUT2D eigenvalue weighted by Crippen LogP contribution is -2.34. The summed E-state index contributed by atoms with van der Waals surface area (Å²) in [5, 5.41) is 10.3. The Hall–Kier alpha value is -3.92. The average molecular weight is 827 g/mol. The lowest BCUT2D eigenvalue weighted by Gasteiger charge is -2.32. The van der Waals surface area contributed by atoms with Crippen molar-refractivity contribution in [2.24, 2.45) is 17.8 Å². The van der Waals surface area contributed by atoms with Crippen LogP contribution in [0.15, 0.2) is 65.9 Å².